The van der Waals surface area contributed by atoms with Crippen LogP contribution in [0.1, 0.15) is 24.1 Å². The summed E-state index contributed by atoms with van der Waals surface area (Å²) >= 11 is 5.99. The lowest BCUT2D eigenvalue weighted by Crippen LogP contribution is -2.38. The molecule has 1 heterocycles. The first-order valence-electron chi connectivity index (χ1n) is 8.18. The van der Waals surface area contributed by atoms with E-state index < -0.39 is 0 Å². The van der Waals surface area contributed by atoms with Crippen LogP contribution in [0, 0.1) is 0 Å². The minimum absolute atomic E-state index is 0.148. The van der Waals surface area contributed by atoms with Gasteiger partial charge in [-0.05, 0) is 42.3 Å². The minimum atomic E-state index is -0.151. The van der Waals surface area contributed by atoms with E-state index in [1.165, 1.54) is 0 Å². The van der Waals surface area contributed by atoms with Crippen molar-refractivity contribution in [3.63, 3.8) is 0 Å². The van der Waals surface area contributed by atoms with Crippen LogP contribution in [-0.4, -0.2) is 31.2 Å². The third kappa shape index (κ3) is 4.37. The second-order valence-electron chi connectivity index (χ2n) is 6.06. The molecule has 0 fully saturated rings. The number of hydrogen-bond donors (Lipinski definition) is 1. The summed E-state index contributed by atoms with van der Waals surface area (Å²) in [5.41, 5.74) is 1.95. The summed E-state index contributed by atoms with van der Waals surface area (Å²) < 4.78 is 11.1. The average Bonchev–Trinajstić information content (AvgIpc) is 2.61. The van der Waals surface area contributed by atoms with E-state index in [-0.39, 0.29) is 12.1 Å². The van der Waals surface area contributed by atoms with Crippen LogP contribution < -0.4 is 14.8 Å². The molecule has 0 bridgehead atoms. The first kappa shape index (κ1) is 17.4. The zero-order valence-corrected chi connectivity index (χ0v) is 15.0. The van der Waals surface area contributed by atoms with Crippen molar-refractivity contribution in [3.8, 4) is 11.5 Å². The summed E-state index contributed by atoms with van der Waals surface area (Å²) in [5.74, 6) is 1.46. The van der Waals surface area contributed by atoms with Gasteiger partial charge in [0.25, 0.3) is 0 Å². The number of halogens is 1. The van der Waals surface area contributed by atoms with Gasteiger partial charge in [-0.25, -0.2) is 4.79 Å². The zero-order chi connectivity index (χ0) is 17.8. The number of hydrogen-bond acceptors (Lipinski definition) is 3. The number of ether oxygens (including phenoxy) is 2. The maximum atomic E-state index is 12.4. The Balaban J connectivity index is 1.61. The van der Waals surface area contributed by atoms with Gasteiger partial charge in [0.2, 0.25) is 0 Å². The molecule has 25 heavy (non-hydrogen) atoms. The first-order chi connectivity index (χ1) is 12.0. The van der Waals surface area contributed by atoms with E-state index >= 15 is 0 Å². The van der Waals surface area contributed by atoms with Crippen LogP contribution in [0.15, 0.2) is 42.5 Å². The molecule has 0 radical (unpaired) electrons. The molecule has 1 aliphatic rings. The van der Waals surface area contributed by atoms with Crippen molar-refractivity contribution in [2.24, 2.45) is 0 Å². The Bertz CT molecular complexity index is 766. The summed E-state index contributed by atoms with van der Waals surface area (Å²) in [6.45, 7) is 3.53. The van der Waals surface area contributed by atoms with Crippen LogP contribution in [0.5, 0.6) is 11.5 Å². The molecule has 1 N–H and O–H groups in total. The number of carbonyl (C=O) groups is 1. The van der Waals surface area contributed by atoms with Crippen molar-refractivity contribution in [2.45, 2.75) is 19.5 Å². The van der Waals surface area contributed by atoms with Gasteiger partial charge in [0.1, 0.15) is 13.2 Å². The van der Waals surface area contributed by atoms with Crippen LogP contribution in [0.3, 0.4) is 0 Å². The molecule has 0 saturated carbocycles. The van der Waals surface area contributed by atoms with E-state index in [1.54, 1.807) is 11.9 Å². The number of amides is 2. The molecular weight excluding hydrogens is 340 g/mol. The summed E-state index contributed by atoms with van der Waals surface area (Å²) in [6.07, 6.45) is 0. The largest absolute Gasteiger partial charge is 0.486 e. The molecule has 0 spiro atoms. The Labute approximate surface area is 152 Å². The van der Waals surface area contributed by atoms with Crippen molar-refractivity contribution in [1.29, 1.82) is 0 Å². The van der Waals surface area contributed by atoms with Crippen LogP contribution >= 0.6 is 11.6 Å². The lowest BCUT2D eigenvalue weighted by molar-refractivity contribution is 0.171. The monoisotopic (exact) mass is 360 g/mol. The highest BCUT2D eigenvalue weighted by Crippen LogP contribution is 2.32. The molecule has 2 amide bonds. The second kappa shape index (κ2) is 7.66. The molecule has 132 valence electrons. The van der Waals surface area contributed by atoms with Crippen molar-refractivity contribution < 1.29 is 14.3 Å². The Morgan fingerprint density at radius 2 is 1.96 bits per heavy atom. The third-order valence-electron chi connectivity index (χ3n) is 4.06. The van der Waals surface area contributed by atoms with Crippen molar-refractivity contribution in [2.75, 3.05) is 20.3 Å². The fourth-order valence-corrected chi connectivity index (χ4v) is 2.90. The van der Waals surface area contributed by atoms with Gasteiger partial charge in [0, 0.05) is 18.6 Å². The maximum absolute atomic E-state index is 12.4. The van der Waals surface area contributed by atoms with Gasteiger partial charge < -0.3 is 19.7 Å². The Hall–Kier alpha value is -2.40. The molecule has 1 aliphatic heterocycles. The van der Waals surface area contributed by atoms with Gasteiger partial charge in [-0.15, -0.1) is 0 Å². The molecule has 0 aromatic heterocycles. The van der Waals surface area contributed by atoms with E-state index in [0.29, 0.717) is 24.8 Å². The lowest BCUT2D eigenvalue weighted by atomic mass is 10.1. The molecule has 6 heteroatoms. The number of nitrogens with zero attached hydrogens (tertiary/aromatic N) is 1. The molecule has 1 unspecified atom stereocenters. The number of benzene rings is 2. The van der Waals surface area contributed by atoms with Gasteiger partial charge in [-0.2, -0.15) is 0 Å². The standard InChI is InChI=1S/C19H21ClN2O3/c1-13(15-6-7-17-18(11-15)25-9-8-24-17)21-19(23)22(2)12-14-4-3-5-16(20)10-14/h3-7,10-11,13H,8-9,12H2,1-2H3,(H,21,23). The Morgan fingerprint density at radius 3 is 2.72 bits per heavy atom. The summed E-state index contributed by atoms with van der Waals surface area (Å²) in [5, 5.41) is 3.66. The molecule has 5 nitrogen and oxygen atoms in total. The third-order valence-corrected chi connectivity index (χ3v) is 4.30. The van der Waals surface area contributed by atoms with E-state index in [0.717, 1.165) is 22.6 Å². The number of rotatable bonds is 4. The van der Waals surface area contributed by atoms with Gasteiger partial charge in [-0.1, -0.05) is 29.8 Å². The van der Waals surface area contributed by atoms with Crippen molar-refractivity contribution in [3.05, 3.63) is 58.6 Å². The van der Waals surface area contributed by atoms with Gasteiger partial charge in [-0.3, -0.25) is 0 Å². The van der Waals surface area contributed by atoms with E-state index in [2.05, 4.69) is 5.32 Å². The SMILES string of the molecule is CC(NC(=O)N(C)Cc1cccc(Cl)c1)c1ccc2c(c1)OCCO2. The lowest BCUT2D eigenvalue weighted by Gasteiger charge is -2.23. The quantitative estimate of drug-likeness (QED) is 0.896. The summed E-state index contributed by atoms with van der Waals surface area (Å²) in [7, 11) is 1.76. The number of carbonyl (C=O) groups excluding carboxylic acids is 1. The highest BCUT2D eigenvalue weighted by molar-refractivity contribution is 6.30. The fourth-order valence-electron chi connectivity index (χ4n) is 2.69. The number of fused-ring (bicyclic) bond motifs is 1. The molecule has 0 saturated heterocycles. The first-order valence-corrected chi connectivity index (χ1v) is 8.56. The van der Waals surface area contributed by atoms with E-state index in [9.17, 15) is 4.79 Å². The Morgan fingerprint density at radius 1 is 1.20 bits per heavy atom. The molecule has 2 aromatic carbocycles. The fraction of sp³-hybridized carbons (Fsp3) is 0.316. The average molecular weight is 361 g/mol. The predicted molar refractivity (Wildman–Crippen MR) is 97.3 cm³/mol. The van der Waals surface area contributed by atoms with Crippen LogP contribution in [0.2, 0.25) is 5.02 Å². The molecular formula is C19H21ClN2O3. The zero-order valence-electron chi connectivity index (χ0n) is 14.3. The highest BCUT2D eigenvalue weighted by Gasteiger charge is 2.17. The van der Waals surface area contributed by atoms with Crippen LogP contribution in [0.4, 0.5) is 4.79 Å². The smallest absolute Gasteiger partial charge is 0.317 e. The molecule has 1 atom stereocenters. The summed E-state index contributed by atoms with van der Waals surface area (Å²) in [4.78, 5) is 14.1. The van der Waals surface area contributed by atoms with Gasteiger partial charge in [0.05, 0.1) is 6.04 Å². The van der Waals surface area contributed by atoms with Crippen molar-refractivity contribution >= 4 is 17.6 Å². The normalized spacial score (nSPS) is 13.9. The van der Waals surface area contributed by atoms with Crippen LogP contribution in [0.25, 0.3) is 0 Å². The van der Waals surface area contributed by atoms with E-state index in [1.807, 2.05) is 49.4 Å². The number of nitrogens with one attached hydrogen (secondary N) is 1. The molecule has 0 aliphatic carbocycles. The van der Waals surface area contributed by atoms with E-state index in [4.69, 9.17) is 21.1 Å². The topological polar surface area (TPSA) is 50.8 Å². The Kier molecular flexibility index (Phi) is 5.34. The van der Waals surface area contributed by atoms with Crippen LogP contribution in [-0.2, 0) is 6.54 Å². The minimum Gasteiger partial charge on any atom is -0.486 e. The second-order valence-corrected chi connectivity index (χ2v) is 6.50. The van der Waals surface area contributed by atoms with Crippen molar-refractivity contribution in [1.82, 2.24) is 10.2 Å². The summed E-state index contributed by atoms with van der Waals surface area (Å²) in [6, 6.07) is 12.9. The predicted octanol–water partition coefficient (Wildman–Crippen LogP) is 4.01. The molecule has 3 rings (SSSR count). The van der Waals surface area contributed by atoms with Gasteiger partial charge in [0.15, 0.2) is 11.5 Å². The molecule has 2 aromatic rings. The van der Waals surface area contributed by atoms with Gasteiger partial charge >= 0.3 is 6.03 Å². The maximum Gasteiger partial charge on any atom is 0.317 e. The highest BCUT2D eigenvalue weighted by atomic mass is 35.5. The number of urea groups is 1.